The Hall–Kier alpha value is -3.67. The number of halogens is 1. The van der Waals surface area contributed by atoms with Crippen molar-refractivity contribution in [2.45, 2.75) is 59.2 Å². The van der Waals surface area contributed by atoms with E-state index >= 15 is 0 Å². The number of rotatable bonds is 11. The third-order valence-electron chi connectivity index (χ3n) is 6.22. The zero-order valence-electron chi connectivity index (χ0n) is 21.5. The summed E-state index contributed by atoms with van der Waals surface area (Å²) < 4.78 is 19.4. The van der Waals surface area contributed by atoms with Crippen LogP contribution in [0, 0.1) is 19.7 Å². The zero-order valence-corrected chi connectivity index (χ0v) is 21.5. The Morgan fingerprint density at radius 3 is 2.31 bits per heavy atom. The largest absolute Gasteiger partial charge is 0.483 e. The second-order valence-corrected chi connectivity index (χ2v) is 9.23. The molecular formula is C30H35FN2O3. The number of aryl methyl sites for hydroxylation is 2. The number of benzene rings is 3. The number of hydrogen-bond acceptors (Lipinski definition) is 3. The van der Waals surface area contributed by atoms with Gasteiger partial charge in [-0.3, -0.25) is 9.59 Å². The lowest BCUT2D eigenvalue weighted by Gasteiger charge is -2.32. The third kappa shape index (κ3) is 7.67. The number of ether oxygens (including phenoxy) is 1. The minimum atomic E-state index is -0.762. The molecule has 0 heterocycles. The Morgan fingerprint density at radius 1 is 0.972 bits per heavy atom. The maximum Gasteiger partial charge on any atom is 0.261 e. The second-order valence-electron chi connectivity index (χ2n) is 9.23. The van der Waals surface area contributed by atoms with Crippen molar-refractivity contribution in [1.29, 1.82) is 0 Å². The Labute approximate surface area is 213 Å². The summed E-state index contributed by atoms with van der Waals surface area (Å²) >= 11 is 0. The van der Waals surface area contributed by atoms with Gasteiger partial charge in [-0.25, -0.2) is 4.39 Å². The average Bonchev–Trinajstić information content (AvgIpc) is 2.87. The molecule has 5 nitrogen and oxygen atoms in total. The van der Waals surface area contributed by atoms with Gasteiger partial charge in [0.2, 0.25) is 5.91 Å². The summed E-state index contributed by atoms with van der Waals surface area (Å²) in [6, 6.07) is 20.6. The van der Waals surface area contributed by atoms with Gasteiger partial charge in [0.15, 0.2) is 6.61 Å². The van der Waals surface area contributed by atoms with Gasteiger partial charge in [-0.1, -0.05) is 67.1 Å². The predicted octanol–water partition coefficient (Wildman–Crippen LogP) is 5.38. The van der Waals surface area contributed by atoms with Crippen LogP contribution >= 0.6 is 0 Å². The molecule has 2 unspecified atom stereocenters. The van der Waals surface area contributed by atoms with E-state index in [1.54, 1.807) is 17.0 Å². The molecule has 3 rings (SSSR count). The van der Waals surface area contributed by atoms with E-state index in [1.807, 2.05) is 76.2 Å². The SMILES string of the molecule is CCC(C)NC(=O)C(Cc1ccccc1)N(Cc1ccc(F)cc1)C(=O)COc1ccc(C)cc1C. The van der Waals surface area contributed by atoms with Crippen LogP contribution in [-0.2, 0) is 22.6 Å². The first-order valence-corrected chi connectivity index (χ1v) is 12.3. The second kappa shape index (κ2) is 12.9. The lowest BCUT2D eigenvalue weighted by atomic mass is 10.0. The van der Waals surface area contributed by atoms with Crippen molar-refractivity contribution < 1.29 is 18.7 Å². The third-order valence-corrected chi connectivity index (χ3v) is 6.22. The summed E-state index contributed by atoms with van der Waals surface area (Å²) in [5.41, 5.74) is 3.71. The summed E-state index contributed by atoms with van der Waals surface area (Å²) in [6.45, 7) is 7.80. The van der Waals surface area contributed by atoms with Gasteiger partial charge in [-0.15, -0.1) is 0 Å². The molecule has 0 spiro atoms. The number of carbonyl (C=O) groups is 2. The van der Waals surface area contributed by atoms with Crippen LogP contribution in [0.1, 0.15) is 42.5 Å². The standard InChI is InChI=1S/C30H35FN2O3/c1-5-23(4)32-30(35)27(18-24-9-7-6-8-10-24)33(19-25-12-14-26(31)15-13-25)29(34)20-36-28-16-11-21(2)17-22(28)3/h6-17,23,27H,5,18-20H2,1-4H3,(H,32,35). The van der Waals surface area contributed by atoms with E-state index < -0.39 is 6.04 Å². The maximum atomic E-state index is 13.6. The number of nitrogens with zero attached hydrogens (tertiary/aromatic N) is 1. The molecule has 6 heteroatoms. The van der Waals surface area contributed by atoms with Crippen molar-refractivity contribution in [1.82, 2.24) is 10.2 Å². The van der Waals surface area contributed by atoms with Crippen molar-refractivity contribution in [3.8, 4) is 5.75 Å². The van der Waals surface area contributed by atoms with Crippen molar-refractivity contribution in [2.24, 2.45) is 0 Å². The Balaban J connectivity index is 1.91. The summed E-state index contributed by atoms with van der Waals surface area (Å²) in [4.78, 5) is 28.6. The zero-order chi connectivity index (χ0) is 26.1. The smallest absolute Gasteiger partial charge is 0.261 e. The quantitative estimate of drug-likeness (QED) is 0.393. The van der Waals surface area contributed by atoms with Gasteiger partial charge in [0.25, 0.3) is 5.91 Å². The highest BCUT2D eigenvalue weighted by molar-refractivity contribution is 5.88. The number of hydrogen-bond donors (Lipinski definition) is 1. The fraction of sp³-hybridized carbons (Fsp3) is 0.333. The number of nitrogens with one attached hydrogen (secondary N) is 1. The topological polar surface area (TPSA) is 58.6 Å². The molecule has 3 aromatic carbocycles. The highest BCUT2D eigenvalue weighted by atomic mass is 19.1. The average molecular weight is 491 g/mol. The Kier molecular flexibility index (Phi) is 9.62. The summed E-state index contributed by atoms with van der Waals surface area (Å²) in [5, 5.41) is 3.04. The van der Waals surface area contributed by atoms with Crippen molar-refractivity contribution in [2.75, 3.05) is 6.61 Å². The van der Waals surface area contributed by atoms with Crippen molar-refractivity contribution >= 4 is 11.8 Å². The van der Waals surface area contributed by atoms with Crippen LogP contribution in [0.3, 0.4) is 0 Å². The molecule has 0 saturated carbocycles. The molecule has 2 amide bonds. The fourth-order valence-corrected chi connectivity index (χ4v) is 3.97. The number of amides is 2. The van der Waals surface area contributed by atoms with E-state index in [-0.39, 0.29) is 36.8 Å². The fourth-order valence-electron chi connectivity index (χ4n) is 3.97. The van der Waals surface area contributed by atoms with Gasteiger partial charge in [0, 0.05) is 19.0 Å². The molecule has 0 aliphatic heterocycles. The van der Waals surface area contributed by atoms with E-state index in [9.17, 15) is 14.0 Å². The lowest BCUT2D eigenvalue weighted by molar-refractivity contribution is -0.143. The van der Waals surface area contributed by atoms with Crippen LogP contribution in [-0.4, -0.2) is 35.4 Å². The van der Waals surface area contributed by atoms with Gasteiger partial charge < -0.3 is 15.0 Å². The highest BCUT2D eigenvalue weighted by Crippen LogP contribution is 2.20. The minimum absolute atomic E-state index is 0.0370. The maximum absolute atomic E-state index is 13.6. The van der Waals surface area contributed by atoms with Crippen molar-refractivity contribution in [3.63, 3.8) is 0 Å². The first-order valence-electron chi connectivity index (χ1n) is 12.3. The minimum Gasteiger partial charge on any atom is -0.483 e. The van der Waals surface area contributed by atoms with Crippen LogP contribution in [0.4, 0.5) is 4.39 Å². The predicted molar refractivity (Wildman–Crippen MR) is 140 cm³/mol. The molecule has 0 bridgehead atoms. The first-order chi connectivity index (χ1) is 17.3. The normalized spacial score (nSPS) is 12.5. The van der Waals surface area contributed by atoms with E-state index in [2.05, 4.69) is 5.32 Å². The van der Waals surface area contributed by atoms with Gasteiger partial charge in [-0.2, -0.15) is 0 Å². The van der Waals surface area contributed by atoms with Crippen LogP contribution in [0.2, 0.25) is 0 Å². The summed E-state index contributed by atoms with van der Waals surface area (Å²) in [6.07, 6.45) is 1.12. The Morgan fingerprint density at radius 2 is 1.67 bits per heavy atom. The van der Waals surface area contributed by atoms with Crippen LogP contribution < -0.4 is 10.1 Å². The van der Waals surface area contributed by atoms with Gasteiger partial charge in [0.1, 0.15) is 17.6 Å². The highest BCUT2D eigenvalue weighted by Gasteiger charge is 2.31. The first kappa shape index (κ1) is 26.9. The van der Waals surface area contributed by atoms with E-state index in [4.69, 9.17) is 4.74 Å². The molecule has 0 aliphatic carbocycles. The summed E-state index contributed by atoms with van der Waals surface area (Å²) in [5.74, 6) is -0.279. The molecule has 3 aromatic rings. The molecule has 2 atom stereocenters. The molecule has 1 N–H and O–H groups in total. The van der Waals surface area contributed by atoms with Crippen LogP contribution in [0.5, 0.6) is 5.75 Å². The van der Waals surface area contributed by atoms with Crippen LogP contribution in [0.15, 0.2) is 72.8 Å². The van der Waals surface area contributed by atoms with Gasteiger partial charge >= 0.3 is 0 Å². The molecular weight excluding hydrogens is 455 g/mol. The molecule has 36 heavy (non-hydrogen) atoms. The van der Waals surface area contributed by atoms with Gasteiger partial charge in [-0.05, 0) is 62.1 Å². The molecule has 0 radical (unpaired) electrons. The molecule has 0 aliphatic rings. The molecule has 0 aromatic heterocycles. The van der Waals surface area contributed by atoms with Crippen molar-refractivity contribution in [3.05, 3.63) is 101 Å². The van der Waals surface area contributed by atoms with Crippen LogP contribution in [0.25, 0.3) is 0 Å². The molecule has 0 saturated heterocycles. The van der Waals surface area contributed by atoms with E-state index in [0.717, 1.165) is 28.7 Å². The summed E-state index contributed by atoms with van der Waals surface area (Å²) in [7, 11) is 0. The van der Waals surface area contributed by atoms with E-state index in [0.29, 0.717) is 12.2 Å². The number of carbonyl (C=O) groups excluding carboxylic acids is 2. The van der Waals surface area contributed by atoms with E-state index in [1.165, 1.54) is 12.1 Å². The molecule has 0 fully saturated rings. The Bertz CT molecular complexity index is 1150. The van der Waals surface area contributed by atoms with Gasteiger partial charge in [0.05, 0.1) is 0 Å². The molecule has 190 valence electrons. The monoisotopic (exact) mass is 490 g/mol. The lowest BCUT2D eigenvalue weighted by Crippen LogP contribution is -2.53.